The maximum absolute atomic E-state index is 12.0. The third kappa shape index (κ3) is 1.50. The summed E-state index contributed by atoms with van der Waals surface area (Å²) in [5.41, 5.74) is 6.62. The van der Waals surface area contributed by atoms with E-state index in [1.54, 1.807) is 24.3 Å². The normalized spacial score (nSPS) is 24.7. The van der Waals surface area contributed by atoms with Gasteiger partial charge in [0.25, 0.3) is 5.91 Å². The molecule has 1 fully saturated rings. The molecule has 2 aliphatic rings. The van der Waals surface area contributed by atoms with Crippen LogP contribution < -0.4 is 11.1 Å². The van der Waals surface area contributed by atoms with E-state index in [2.05, 4.69) is 5.32 Å². The molecule has 0 aliphatic carbocycles. The van der Waals surface area contributed by atoms with Gasteiger partial charge in [-0.3, -0.25) is 15.0 Å². The number of nitrogens with one attached hydrogen (secondary N) is 1. The fourth-order valence-corrected chi connectivity index (χ4v) is 2.92. The molecule has 2 aliphatic heterocycles. The Morgan fingerprint density at radius 2 is 2.05 bits per heavy atom. The molecule has 3 N–H and O–H groups in total. The first kappa shape index (κ1) is 12.5. The van der Waals surface area contributed by atoms with E-state index in [1.807, 2.05) is 6.07 Å². The monoisotopic (exact) mass is 288 g/mol. The Labute approximate surface area is 119 Å². The van der Waals surface area contributed by atoms with Crippen molar-refractivity contribution in [2.45, 2.75) is 12.0 Å². The number of carbonyl (C=O) groups excluding carboxylic acids is 2. The minimum absolute atomic E-state index is 0.00534. The third-order valence-corrected chi connectivity index (χ3v) is 3.86. The highest BCUT2D eigenvalue weighted by atomic mass is 35.5. The molecule has 7 heteroatoms. The van der Waals surface area contributed by atoms with E-state index in [0.717, 1.165) is 4.90 Å². The van der Waals surface area contributed by atoms with Crippen molar-refractivity contribution in [2.24, 2.45) is 5.73 Å². The molecule has 0 bridgehead atoms. The highest BCUT2D eigenvalue weighted by Crippen LogP contribution is 2.43. The number of fused-ring (bicyclic) bond motifs is 1. The molecule has 0 unspecified atom stereocenters. The fourth-order valence-electron chi connectivity index (χ4n) is 2.67. The molecule has 6 nitrogen and oxygen atoms in total. The predicted molar refractivity (Wildman–Crippen MR) is 70.2 cm³/mol. The zero-order chi connectivity index (χ0) is 14.4. The standard InChI is InChI=1S/C13H9ClN4O2/c14-8-4-2-1-3-6(8)9-7(5-15)11(16)18-10(9)12(19)17-13(18)20/h1-4,9-10H,16H2,(H,17,19,20)/t9-,10-/m0/s1. The molecule has 0 spiro atoms. The number of amides is 3. The van der Waals surface area contributed by atoms with Crippen LogP contribution in [0.2, 0.25) is 5.02 Å². The first-order valence-electron chi connectivity index (χ1n) is 5.84. The molecular formula is C13H9ClN4O2. The van der Waals surface area contributed by atoms with Crippen LogP contribution in [0.15, 0.2) is 35.7 Å². The zero-order valence-corrected chi connectivity index (χ0v) is 10.9. The number of rotatable bonds is 1. The van der Waals surface area contributed by atoms with Gasteiger partial charge >= 0.3 is 6.03 Å². The quantitative estimate of drug-likeness (QED) is 0.755. The van der Waals surface area contributed by atoms with Crippen molar-refractivity contribution < 1.29 is 9.59 Å². The number of benzene rings is 1. The Morgan fingerprint density at radius 3 is 2.70 bits per heavy atom. The van der Waals surface area contributed by atoms with Crippen molar-refractivity contribution in [1.29, 1.82) is 5.26 Å². The average molecular weight is 289 g/mol. The van der Waals surface area contributed by atoms with Gasteiger partial charge in [0, 0.05) is 5.02 Å². The number of nitriles is 1. The molecule has 0 aromatic heterocycles. The smallest absolute Gasteiger partial charge is 0.330 e. The minimum Gasteiger partial charge on any atom is -0.384 e. The van der Waals surface area contributed by atoms with Crippen molar-refractivity contribution in [3.05, 3.63) is 46.2 Å². The summed E-state index contributed by atoms with van der Waals surface area (Å²) in [7, 11) is 0. The maximum Gasteiger partial charge on any atom is 0.330 e. The van der Waals surface area contributed by atoms with Gasteiger partial charge in [-0.25, -0.2) is 4.79 Å². The number of halogens is 1. The number of urea groups is 1. The number of imide groups is 1. The lowest BCUT2D eigenvalue weighted by Crippen LogP contribution is -2.35. The number of hydrogen-bond acceptors (Lipinski definition) is 4. The maximum atomic E-state index is 12.0. The van der Waals surface area contributed by atoms with Crippen LogP contribution >= 0.6 is 11.6 Å². The fraction of sp³-hybridized carbons (Fsp3) is 0.154. The van der Waals surface area contributed by atoms with Crippen LogP contribution in [0.1, 0.15) is 11.5 Å². The molecule has 0 saturated carbocycles. The Balaban J connectivity index is 2.20. The summed E-state index contributed by atoms with van der Waals surface area (Å²) in [6.07, 6.45) is 0. The second-order valence-corrected chi connectivity index (χ2v) is 4.93. The van der Waals surface area contributed by atoms with Gasteiger partial charge in [0.15, 0.2) is 0 Å². The summed E-state index contributed by atoms with van der Waals surface area (Å²) in [6.45, 7) is 0. The topological polar surface area (TPSA) is 99.2 Å². The van der Waals surface area contributed by atoms with Crippen molar-refractivity contribution in [3.8, 4) is 6.07 Å². The van der Waals surface area contributed by atoms with Crippen molar-refractivity contribution in [1.82, 2.24) is 10.2 Å². The van der Waals surface area contributed by atoms with Crippen molar-refractivity contribution in [2.75, 3.05) is 0 Å². The number of nitrogens with zero attached hydrogens (tertiary/aromatic N) is 2. The molecule has 1 aromatic rings. The molecule has 3 rings (SSSR count). The van der Waals surface area contributed by atoms with Gasteiger partial charge in [-0.2, -0.15) is 5.26 Å². The minimum atomic E-state index is -0.850. The summed E-state index contributed by atoms with van der Waals surface area (Å²) in [4.78, 5) is 24.8. The SMILES string of the molecule is N#CC1=C(N)N2C(=O)NC(=O)[C@@H]2[C@H]1c1ccccc1Cl. The van der Waals surface area contributed by atoms with Gasteiger partial charge in [-0.05, 0) is 11.6 Å². The summed E-state index contributed by atoms with van der Waals surface area (Å²) < 4.78 is 0. The lowest BCUT2D eigenvalue weighted by Gasteiger charge is -2.19. The molecule has 1 saturated heterocycles. The Morgan fingerprint density at radius 1 is 1.35 bits per heavy atom. The van der Waals surface area contributed by atoms with E-state index in [0.29, 0.717) is 10.6 Å². The van der Waals surface area contributed by atoms with Crippen molar-refractivity contribution >= 4 is 23.5 Å². The van der Waals surface area contributed by atoms with Crippen LogP contribution in [-0.4, -0.2) is 22.9 Å². The zero-order valence-electron chi connectivity index (χ0n) is 10.1. The van der Waals surface area contributed by atoms with E-state index in [4.69, 9.17) is 17.3 Å². The van der Waals surface area contributed by atoms with Crippen LogP contribution in [0.4, 0.5) is 4.79 Å². The Bertz CT molecular complexity index is 707. The number of nitrogens with two attached hydrogens (primary N) is 1. The number of carbonyl (C=O) groups is 2. The molecule has 20 heavy (non-hydrogen) atoms. The summed E-state index contributed by atoms with van der Waals surface area (Å²) in [5, 5.41) is 11.9. The van der Waals surface area contributed by atoms with Crippen molar-refractivity contribution in [3.63, 3.8) is 0 Å². The van der Waals surface area contributed by atoms with E-state index < -0.39 is 23.9 Å². The second-order valence-electron chi connectivity index (χ2n) is 4.52. The lowest BCUT2D eigenvalue weighted by molar-refractivity contribution is -0.121. The third-order valence-electron chi connectivity index (χ3n) is 3.52. The highest BCUT2D eigenvalue weighted by Gasteiger charge is 2.53. The van der Waals surface area contributed by atoms with E-state index in [9.17, 15) is 14.9 Å². The highest BCUT2D eigenvalue weighted by molar-refractivity contribution is 6.31. The van der Waals surface area contributed by atoms with E-state index in [1.165, 1.54) is 0 Å². The molecule has 0 radical (unpaired) electrons. The molecule has 2 heterocycles. The first-order chi connectivity index (χ1) is 9.56. The first-order valence-corrected chi connectivity index (χ1v) is 6.22. The van der Waals surface area contributed by atoms with Gasteiger partial charge in [-0.1, -0.05) is 29.8 Å². The Hall–Kier alpha value is -2.52. The molecule has 3 amide bonds. The summed E-state index contributed by atoms with van der Waals surface area (Å²) >= 11 is 6.14. The van der Waals surface area contributed by atoms with Gasteiger partial charge in [0.1, 0.15) is 11.9 Å². The van der Waals surface area contributed by atoms with Gasteiger partial charge in [-0.15, -0.1) is 0 Å². The molecule has 2 atom stereocenters. The van der Waals surface area contributed by atoms with E-state index in [-0.39, 0.29) is 11.4 Å². The second kappa shape index (κ2) is 4.25. The summed E-state index contributed by atoms with van der Waals surface area (Å²) in [6, 6.07) is 7.41. The van der Waals surface area contributed by atoms with Crippen LogP contribution in [0.5, 0.6) is 0 Å². The average Bonchev–Trinajstić information content (AvgIpc) is 2.87. The van der Waals surface area contributed by atoms with Gasteiger partial charge in [0.2, 0.25) is 0 Å². The van der Waals surface area contributed by atoms with E-state index >= 15 is 0 Å². The predicted octanol–water partition coefficient (Wildman–Crippen LogP) is 1.05. The van der Waals surface area contributed by atoms with Crippen LogP contribution in [-0.2, 0) is 4.79 Å². The number of hydrogen-bond donors (Lipinski definition) is 2. The Kier molecular flexibility index (Phi) is 2.66. The molecule has 100 valence electrons. The van der Waals surface area contributed by atoms with Crippen LogP contribution in [0.25, 0.3) is 0 Å². The largest absolute Gasteiger partial charge is 0.384 e. The van der Waals surface area contributed by atoms with Crippen LogP contribution in [0.3, 0.4) is 0 Å². The van der Waals surface area contributed by atoms with Crippen LogP contribution in [0, 0.1) is 11.3 Å². The molecular weight excluding hydrogens is 280 g/mol. The lowest BCUT2D eigenvalue weighted by atomic mass is 9.87. The van der Waals surface area contributed by atoms with Gasteiger partial charge < -0.3 is 5.73 Å². The van der Waals surface area contributed by atoms with Gasteiger partial charge in [0.05, 0.1) is 17.6 Å². The summed E-state index contributed by atoms with van der Waals surface area (Å²) in [5.74, 6) is -1.11. The molecule has 1 aromatic carbocycles.